The number of carbonyl (C=O) groups is 2. The number of halogens is 1. The smallest absolute Gasteiger partial charge is 0.308 e. The van der Waals surface area contributed by atoms with Crippen LogP contribution in [-0.4, -0.2) is 56.0 Å². The Kier molecular flexibility index (Phi) is 4.54. The normalized spacial score (nSPS) is 20.5. The predicted molar refractivity (Wildman–Crippen MR) is 85.9 cm³/mol. The molecule has 1 aliphatic rings. The number of aryl methyl sites for hydroxylation is 1. The Hall–Kier alpha value is -2.74. The summed E-state index contributed by atoms with van der Waals surface area (Å²) in [5, 5.41) is 23.3. The van der Waals surface area contributed by atoms with Crippen LogP contribution in [-0.2, 0) is 4.79 Å². The van der Waals surface area contributed by atoms with Crippen LogP contribution < -0.4 is 0 Å². The molecule has 2 heterocycles. The molecule has 132 valence electrons. The number of aliphatic hydroxyl groups excluding tert-OH is 1. The Morgan fingerprint density at radius 2 is 2.08 bits per heavy atom. The molecule has 1 aromatic heterocycles. The number of amides is 1. The van der Waals surface area contributed by atoms with Crippen LogP contribution in [0.2, 0.25) is 0 Å². The highest BCUT2D eigenvalue weighted by Gasteiger charge is 2.34. The summed E-state index contributed by atoms with van der Waals surface area (Å²) in [4.78, 5) is 25.3. The maximum atomic E-state index is 13.4. The summed E-state index contributed by atoms with van der Waals surface area (Å²) in [6.07, 6.45) is 0.737. The zero-order valence-corrected chi connectivity index (χ0v) is 13.6. The molecule has 0 radical (unpaired) electrons. The number of aromatic nitrogens is 2. The lowest BCUT2D eigenvalue weighted by molar-refractivity contribution is -0.144. The predicted octanol–water partition coefficient (Wildman–Crippen LogP) is 1.23. The van der Waals surface area contributed by atoms with Crippen LogP contribution in [0.15, 0.2) is 30.5 Å². The van der Waals surface area contributed by atoms with Crippen molar-refractivity contribution in [1.29, 1.82) is 0 Å². The van der Waals surface area contributed by atoms with Gasteiger partial charge in [-0.15, -0.1) is 0 Å². The molecule has 3 rings (SSSR count). The van der Waals surface area contributed by atoms with Gasteiger partial charge in [0.05, 0.1) is 29.0 Å². The lowest BCUT2D eigenvalue weighted by Gasteiger charge is -2.33. The number of rotatable bonds is 3. The second-order valence-corrected chi connectivity index (χ2v) is 6.19. The van der Waals surface area contributed by atoms with E-state index < -0.39 is 29.7 Å². The third-order valence-corrected chi connectivity index (χ3v) is 4.27. The number of hydrogen-bond acceptors (Lipinski definition) is 4. The second-order valence-electron chi connectivity index (χ2n) is 6.19. The lowest BCUT2D eigenvalue weighted by atomic mass is 9.95. The summed E-state index contributed by atoms with van der Waals surface area (Å²) in [6.45, 7) is 1.76. The first-order valence-electron chi connectivity index (χ1n) is 7.87. The first kappa shape index (κ1) is 17.1. The van der Waals surface area contributed by atoms with Crippen molar-refractivity contribution in [3.63, 3.8) is 0 Å². The van der Waals surface area contributed by atoms with Crippen molar-refractivity contribution in [2.45, 2.75) is 19.4 Å². The molecule has 1 fully saturated rings. The molecule has 1 amide bonds. The maximum Gasteiger partial charge on any atom is 0.308 e. The van der Waals surface area contributed by atoms with Crippen molar-refractivity contribution >= 4 is 11.9 Å². The summed E-state index contributed by atoms with van der Waals surface area (Å²) in [7, 11) is 0. The molecule has 7 nitrogen and oxygen atoms in total. The van der Waals surface area contributed by atoms with E-state index in [2.05, 4.69) is 5.10 Å². The molecular weight excluding hydrogens is 329 g/mol. The minimum Gasteiger partial charge on any atom is -0.481 e. The summed E-state index contributed by atoms with van der Waals surface area (Å²) in [6, 6.07) is 5.81. The van der Waals surface area contributed by atoms with E-state index in [-0.39, 0.29) is 19.5 Å². The van der Waals surface area contributed by atoms with Crippen LogP contribution in [0.5, 0.6) is 0 Å². The molecule has 1 saturated heterocycles. The Balaban J connectivity index is 1.86. The Bertz CT molecular complexity index is 820. The average molecular weight is 347 g/mol. The summed E-state index contributed by atoms with van der Waals surface area (Å²) in [5.74, 6) is -2.65. The van der Waals surface area contributed by atoms with Crippen LogP contribution in [0, 0.1) is 18.7 Å². The van der Waals surface area contributed by atoms with Gasteiger partial charge >= 0.3 is 5.97 Å². The van der Waals surface area contributed by atoms with Crippen LogP contribution in [0.3, 0.4) is 0 Å². The zero-order valence-electron chi connectivity index (χ0n) is 13.6. The van der Waals surface area contributed by atoms with Crippen LogP contribution in [0.1, 0.15) is 22.5 Å². The van der Waals surface area contributed by atoms with Gasteiger partial charge in [-0.2, -0.15) is 5.10 Å². The van der Waals surface area contributed by atoms with E-state index in [0.717, 1.165) is 0 Å². The van der Waals surface area contributed by atoms with Gasteiger partial charge in [0.15, 0.2) is 0 Å². The van der Waals surface area contributed by atoms with Crippen molar-refractivity contribution in [3.8, 4) is 5.69 Å². The summed E-state index contributed by atoms with van der Waals surface area (Å²) < 4.78 is 14.8. The number of benzene rings is 1. The number of piperidine rings is 1. The van der Waals surface area contributed by atoms with Crippen molar-refractivity contribution < 1.29 is 24.2 Å². The summed E-state index contributed by atoms with van der Waals surface area (Å²) >= 11 is 0. The molecule has 1 aromatic carbocycles. The van der Waals surface area contributed by atoms with Gasteiger partial charge in [-0.05, 0) is 31.5 Å². The fraction of sp³-hybridized carbons (Fsp3) is 0.353. The Morgan fingerprint density at radius 1 is 1.32 bits per heavy atom. The minimum absolute atomic E-state index is 0.0375. The second kappa shape index (κ2) is 6.64. The van der Waals surface area contributed by atoms with Gasteiger partial charge in [-0.25, -0.2) is 9.07 Å². The van der Waals surface area contributed by atoms with Gasteiger partial charge in [0.1, 0.15) is 5.82 Å². The molecule has 2 aromatic rings. The largest absolute Gasteiger partial charge is 0.481 e. The van der Waals surface area contributed by atoms with Crippen molar-refractivity contribution in [3.05, 3.63) is 47.5 Å². The highest BCUT2D eigenvalue weighted by Crippen LogP contribution is 2.21. The molecule has 2 atom stereocenters. The number of hydrogen-bond donors (Lipinski definition) is 2. The van der Waals surface area contributed by atoms with Crippen molar-refractivity contribution in [1.82, 2.24) is 14.7 Å². The van der Waals surface area contributed by atoms with Crippen molar-refractivity contribution in [2.24, 2.45) is 5.92 Å². The Morgan fingerprint density at radius 3 is 2.76 bits per heavy atom. The molecule has 2 unspecified atom stereocenters. The van der Waals surface area contributed by atoms with Crippen LogP contribution >= 0.6 is 0 Å². The molecule has 0 bridgehead atoms. The molecular formula is C17H18FN3O4. The number of β-amino-alcohol motifs (C(OH)–C–C–N with tert-alkyl or cyclic N) is 1. The fourth-order valence-corrected chi connectivity index (χ4v) is 3.01. The fourth-order valence-electron chi connectivity index (χ4n) is 3.01. The third-order valence-electron chi connectivity index (χ3n) is 4.27. The number of aliphatic carboxylic acids is 1. The van der Waals surface area contributed by atoms with Gasteiger partial charge < -0.3 is 15.1 Å². The molecule has 0 aliphatic carbocycles. The highest BCUT2D eigenvalue weighted by atomic mass is 19.1. The minimum atomic E-state index is -1.04. The number of carboxylic acids is 1. The standard InChI is InChI=1S/C17H18FN3O4/c1-10-15(9-21(19-10)13-4-2-3-12(18)6-13)16(23)20-7-11(17(24)25)5-14(22)8-20/h2-4,6,9,11,14,22H,5,7-8H2,1H3,(H,24,25). The molecule has 1 aliphatic heterocycles. The number of aliphatic hydroxyl groups is 1. The van der Waals surface area contributed by atoms with E-state index in [9.17, 15) is 19.1 Å². The summed E-state index contributed by atoms with van der Waals surface area (Å²) in [5.41, 5.74) is 1.22. The maximum absolute atomic E-state index is 13.4. The van der Waals surface area contributed by atoms with Crippen LogP contribution in [0.25, 0.3) is 5.69 Å². The molecule has 8 heteroatoms. The molecule has 25 heavy (non-hydrogen) atoms. The lowest BCUT2D eigenvalue weighted by Crippen LogP contribution is -2.48. The number of carboxylic acid groups (broad SMARTS) is 1. The Labute approximate surface area is 143 Å². The molecule has 2 N–H and O–H groups in total. The topological polar surface area (TPSA) is 95.7 Å². The van der Waals surface area contributed by atoms with Gasteiger partial charge in [-0.3, -0.25) is 9.59 Å². The van der Waals surface area contributed by atoms with Crippen LogP contribution in [0.4, 0.5) is 4.39 Å². The van der Waals surface area contributed by atoms with E-state index >= 15 is 0 Å². The van der Waals surface area contributed by atoms with Gasteiger partial charge in [0.2, 0.25) is 0 Å². The van der Waals surface area contributed by atoms with E-state index in [0.29, 0.717) is 16.9 Å². The van der Waals surface area contributed by atoms with E-state index in [1.807, 2.05) is 0 Å². The molecule has 0 spiro atoms. The molecule has 0 saturated carbocycles. The van der Waals surface area contributed by atoms with E-state index in [4.69, 9.17) is 5.11 Å². The number of likely N-dealkylation sites (tertiary alicyclic amines) is 1. The van der Waals surface area contributed by atoms with Gasteiger partial charge in [0, 0.05) is 19.3 Å². The average Bonchev–Trinajstić information content (AvgIpc) is 2.95. The highest BCUT2D eigenvalue weighted by molar-refractivity contribution is 5.95. The van der Waals surface area contributed by atoms with Crippen molar-refractivity contribution in [2.75, 3.05) is 13.1 Å². The third kappa shape index (κ3) is 3.53. The zero-order chi connectivity index (χ0) is 18.1. The SMILES string of the molecule is Cc1nn(-c2cccc(F)c2)cc1C(=O)N1CC(O)CC(C(=O)O)C1. The van der Waals surface area contributed by atoms with Gasteiger partial charge in [-0.1, -0.05) is 6.07 Å². The number of carbonyl (C=O) groups excluding carboxylic acids is 1. The first-order valence-corrected chi connectivity index (χ1v) is 7.87. The van der Waals surface area contributed by atoms with Gasteiger partial charge in [0.25, 0.3) is 5.91 Å². The monoisotopic (exact) mass is 347 g/mol. The first-order chi connectivity index (χ1) is 11.8. The quantitative estimate of drug-likeness (QED) is 0.871. The van der Waals surface area contributed by atoms with E-state index in [1.165, 1.54) is 27.9 Å². The number of nitrogens with zero attached hydrogens (tertiary/aromatic N) is 3. The van der Waals surface area contributed by atoms with E-state index in [1.54, 1.807) is 19.1 Å².